The van der Waals surface area contributed by atoms with E-state index in [-0.39, 0.29) is 0 Å². The molecule has 0 aliphatic heterocycles. The minimum Gasteiger partial charge on any atom is -0.314 e. The summed E-state index contributed by atoms with van der Waals surface area (Å²) in [5.41, 5.74) is 8.21. The third-order valence-corrected chi connectivity index (χ3v) is 4.92. The molecule has 4 rings (SSSR count). The van der Waals surface area contributed by atoms with E-state index < -0.39 is 0 Å². The van der Waals surface area contributed by atoms with Gasteiger partial charge in [0.15, 0.2) is 0 Å². The van der Waals surface area contributed by atoms with Gasteiger partial charge in [0.25, 0.3) is 0 Å². The van der Waals surface area contributed by atoms with Gasteiger partial charge in [0.05, 0.1) is 5.69 Å². The van der Waals surface area contributed by atoms with E-state index in [0.717, 1.165) is 25.7 Å². The molecule has 0 saturated carbocycles. The average molecular weight is 313 g/mol. The van der Waals surface area contributed by atoms with Gasteiger partial charge in [-0.15, -0.1) is 0 Å². The summed E-state index contributed by atoms with van der Waals surface area (Å²) in [5, 5.41) is 0. The van der Waals surface area contributed by atoms with Crippen LogP contribution in [0.2, 0.25) is 0 Å². The predicted molar refractivity (Wildman–Crippen MR) is 103 cm³/mol. The van der Waals surface area contributed by atoms with Crippen molar-refractivity contribution in [3.8, 4) is 0 Å². The lowest BCUT2D eigenvalue weighted by molar-refractivity contribution is 0.872. The smallest absolute Gasteiger partial charge is 0.0533 e. The number of anilines is 2. The van der Waals surface area contributed by atoms with Crippen molar-refractivity contribution in [3.05, 3.63) is 89.2 Å². The maximum atomic E-state index is 2.44. The predicted octanol–water partition coefficient (Wildman–Crippen LogP) is 6.41. The van der Waals surface area contributed by atoms with Gasteiger partial charge in [0, 0.05) is 16.9 Å². The van der Waals surface area contributed by atoms with Gasteiger partial charge in [-0.3, -0.25) is 0 Å². The summed E-state index contributed by atoms with van der Waals surface area (Å²) in [6, 6.07) is 17.5. The lowest BCUT2D eigenvalue weighted by Gasteiger charge is -2.32. The van der Waals surface area contributed by atoms with Gasteiger partial charge in [0.1, 0.15) is 0 Å². The van der Waals surface area contributed by atoms with Gasteiger partial charge < -0.3 is 4.90 Å². The van der Waals surface area contributed by atoms with Crippen molar-refractivity contribution < 1.29 is 0 Å². The quantitative estimate of drug-likeness (QED) is 0.633. The van der Waals surface area contributed by atoms with Crippen LogP contribution in [0.15, 0.2) is 78.0 Å². The molecule has 2 aromatic carbocycles. The zero-order valence-electron chi connectivity index (χ0n) is 14.2. The monoisotopic (exact) mass is 313 g/mol. The number of para-hydroxylation sites is 1. The standard InChI is InChI=1S/C23H23N/c1-18-14-16-21(17-15-18)24(20-10-3-2-4-11-20)23-13-7-9-19-8-5-6-12-22(19)23/h2-4,6-7,9-14,16H,5,8,15,17H2,1H3. The first kappa shape index (κ1) is 15.0. The Labute approximate surface area is 144 Å². The van der Waals surface area contributed by atoms with Crippen molar-refractivity contribution >= 4 is 17.5 Å². The van der Waals surface area contributed by atoms with Crippen LogP contribution in [0.5, 0.6) is 0 Å². The van der Waals surface area contributed by atoms with Crippen LogP contribution >= 0.6 is 0 Å². The van der Waals surface area contributed by atoms with E-state index in [2.05, 4.69) is 84.7 Å². The second-order valence-electron chi connectivity index (χ2n) is 6.63. The Morgan fingerprint density at radius 3 is 2.50 bits per heavy atom. The van der Waals surface area contributed by atoms with Crippen LogP contribution in [-0.2, 0) is 6.42 Å². The molecule has 0 aromatic heterocycles. The van der Waals surface area contributed by atoms with Gasteiger partial charge in [-0.25, -0.2) is 0 Å². The van der Waals surface area contributed by atoms with Crippen molar-refractivity contribution in [2.75, 3.05) is 4.90 Å². The minimum absolute atomic E-state index is 1.09. The molecule has 0 saturated heterocycles. The summed E-state index contributed by atoms with van der Waals surface area (Å²) in [6.45, 7) is 2.22. The van der Waals surface area contributed by atoms with E-state index in [1.165, 1.54) is 33.8 Å². The Balaban J connectivity index is 1.88. The Morgan fingerprint density at radius 1 is 0.833 bits per heavy atom. The minimum atomic E-state index is 1.09. The number of fused-ring (bicyclic) bond motifs is 1. The van der Waals surface area contributed by atoms with Crippen LogP contribution in [0, 0.1) is 0 Å². The van der Waals surface area contributed by atoms with E-state index in [1.54, 1.807) is 0 Å². The van der Waals surface area contributed by atoms with Gasteiger partial charge in [-0.05, 0) is 62.4 Å². The number of rotatable bonds is 3. The highest BCUT2D eigenvalue weighted by atomic mass is 15.2. The average Bonchev–Trinajstić information content (AvgIpc) is 2.65. The molecule has 2 aliphatic rings. The highest BCUT2D eigenvalue weighted by Crippen LogP contribution is 2.38. The molecule has 120 valence electrons. The van der Waals surface area contributed by atoms with E-state index in [0.29, 0.717) is 0 Å². The first-order valence-electron chi connectivity index (χ1n) is 8.83. The molecular formula is C23H23N. The molecule has 0 spiro atoms. The first-order valence-corrected chi connectivity index (χ1v) is 8.83. The SMILES string of the molecule is CC1=CC=C(N(c2ccccc2)c2cccc3c2C=CCC3)CC1. The maximum absolute atomic E-state index is 2.44. The van der Waals surface area contributed by atoms with Crippen LogP contribution in [0.25, 0.3) is 6.08 Å². The molecular weight excluding hydrogens is 290 g/mol. The summed E-state index contributed by atoms with van der Waals surface area (Å²) in [7, 11) is 0. The maximum Gasteiger partial charge on any atom is 0.0533 e. The van der Waals surface area contributed by atoms with Crippen molar-refractivity contribution in [1.82, 2.24) is 0 Å². The third-order valence-electron chi connectivity index (χ3n) is 4.92. The molecule has 1 nitrogen and oxygen atoms in total. The van der Waals surface area contributed by atoms with Gasteiger partial charge >= 0.3 is 0 Å². The van der Waals surface area contributed by atoms with Crippen molar-refractivity contribution in [2.45, 2.75) is 32.6 Å². The summed E-state index contributed by atoms with van der Waals surface area (Å²) < 4.78 is 0. The largest absolute Gasteiger partial charge is 0.314 e. The second-order valence-corrected chi connectivity index (χ2v) is 6.63. The lowest BCUT2D eigenvalue weighted by atomic mass is 9.94. The molecule has 2 aromatic rings. The number of nitrogens with zero attached hydrogens (tertiary/aromatic N) is 1. The van der Waals surface area contributed by atoms with Gasteiger partial charge in [-0.2, -0.15) is 0 Å². The van der Waals surface area contributed by atoms with Crippen molar-refractivity contribution in [3.63, 3.8) is 0 Å². The fourth-order valence-electron chi connectivity index (χ4n) is 3.60. The molecule has 0 N–H and O–H groups in total. The summed E-state index contributed by atoms with van der Waals surface area (Å²) in [4.78, 5) is 2.44. The zero-order chi connectivity index (χ0) is 16.4. The molecule has 0 bridgehead atoms. The Kier molecular flexibility index (Phi) is 4.08. The number of allylic oxidation sites excluding steroid dienone is 5. The molecule has 0 atom stereocenters. The molecule has 24 heavy (non-hydrogen) atoms. The number of aryl methyl sites for hydroxylation is 1. The van der Waals surface area contributed by atoms with Crippen LogP contribution < -0.4 is 4.90 Å². The van der Waals surface area contributed by atoms with E-state index in [4.69, 9.17) is 0 Å². The second kappa shape index (κ2) is 6.52. The molecule has 2 aliphatic carbocycles. The van der Waals surface area contributed by atoms with Crippen LogP contribution in [-0.4, -0.2) is 0 Å². The van der Waals surface area contributed by atoms with Crippen LogP contribution in [0.4, 0.5) is 11.4 Å². The fraction of sp³-hybridized carbons (Fsp3) is 0.217. The summed E-state index contributed by atoms with van der Waals surface area (Å²) >= 11 is 0. The molecule has 0 fully saturated rings. The van der Waals surface area contributed by atoms with Gasteiger partial charge in [0.2, 0.25) is 0 Å². The Morgan fingerprint density at radius 2 is 1.71 bits per heavy atom. The molecule has 0 heterocycles. The zero-order valence-corrected chi connectivity index (χ0v) is 14.2. The highest BCUT2D eigenvalue weighted by Gasteiger charge is 2.20. The third kappa shape index (κ3) is 2.82. The number of hydrogen-bond donors (Lipinski definition) is 0. The molecule has 0 unspecified atom stereocenters. The summed E-state index contributed by atoms with van der Waals surface area (Å²) in [6.07, 6.45) is 13.7. The fourth-order valence-corrected chi connectivity index (χ4v) is 3.60. The highest BCUT2D eigenvalue weighted by molar-refractivity contribution is 5.79. The van der Waals surface area contributed by atoms with Crippen molar-refractivity contribution in [2.24, 2.45) is 0 Å². The topological polar surface area (TPSA) is 3.24 Å². The molecule has 0 amide bonds. The normalized spacial score (nSPS) is 16.2. The van der Waals surface area contributed by atoms with Crippen molar-refractivity contribution in [1.29, 1.82) is 0 Å². The lowest BCUT2D eigenvalue weighted by Crippen LogP contribution is -2.19. The van der Waals surface area contributed by atoms with Crippen LogP contribution in [0.1, 0.15) is 37.3 Å². The molecule has 0 radical (unpaired) electrons. The number of benzene rings is 2. The van der Waals surface area contributed by atoms with Gasteiger partial charge in [-0.1, -0.05) is 54.1 Å². The van der Waals surface area contributed by atoms with Crippen LogP contribution in [0.3, 0.4) is 0 Å². The van der Waals surface area contributed by atoms with E-state index >= 15 is 0 Å². The molecule has 1 heteroatoms. The Hall–Kier alpha value is -2.54. The van der Waals surface area contributed by atoms with E-state index in [9.17, 15) is 0 Å². The summed E-state index contributed by atoms with van der Waals surface area (Å²) in [5.74, 6) is 0. The van der Waals surface area contributed by atoms with E-state index in [1.807, 2.05) is 0 Å². The Bertz CT molecular complexity index is 824. The number of hydrogen-bond acceptors (Lipinski definition) is 1. The first-order chi connectivity index (χ1) is 11.8.